The van der Waals surface area contributed by atoms with E-state index in [0.29, 0.717) is 17.1 Å². The Morgan fingerprint density at radius 2 is 1.70 bits per heavy atom. The van der Waals surface area contributed by atoms with Crippen LogP contribution in [0.25, 0.3) is 0 Å². The van der Waals surface area contributed by atoms with Crippen LogP contribution in [-0.2, 0) is 14.8 Å². The third-order valence-corrected chi connectivity index (χ3v) is 4.27. The molecule has 0 spiro atoms. The molecule has 0 aliphatic heterocycles. The zero-order chi connectivity index (χ0) is 20.0. The molecule has 0 radical (unpaired) electrons. The summed E-state index contributed by atoms with van der Waals surface area (Å²) < 4.78 is 27.5. The first-order valence-electron chi connectivity index (χ1n) is 7.60. The molecule has 0 heterocycles. The van der Waals surface area contributed by atoms with Crippen molar-refractivity contribution in [3.8, 4) is 5.75 Å². The molecule has 1 amide bonds. The molecule has 0 aromatic heterocycles. The van der Waals surface area contributed by atoms with Gasteiger partial charge in [-0.25, -0.2) is 13.6 Å². The van der Waals surface area contributed by atoms with Crippen LogP contribution in [0.3, 0.4) is 0 Å². The molecule has 0 saturated carbocycles. The molecule has 0 fully saturated rings. The number of primary sulfonamides is 1. The fraction of sp³-hybridized carbons (Fsp3) is 0.118. The maximum absolute atomic E-state index is 12.3. The Balaban J connectivity index is 2.15. The Morgan fingerprint density at radius 1 is 1.11 bits per heavy atom. The fourth-order valence-electron chi connectivity index (χ4n) is 1.96. The number of anilines is 1. The summed E-state index contributed by atoms with van der Waals surface area (Å²) in [6.07, 6.45) is 0. The van der Waals surface area contributed by atoms with Gasteiger partial charge in [-0.2, -0.15) is 5.11 Å². The molecule has 0 atom stereocenters. The molecule has 4 N–H and O–H groups in total. The summed E-state index contributed by atoms with van der Waals surface area (Å²) >= 11 is 0. The number of nitrogens with two attached hydrogens (primary N) is 1. The molecule has 0 saturated heterocycles. The van der Waals surface area contributed by atoms with Gasteiger partial charge in [0.2, 0.25) is 10.0 Å². The minimum absolute atomic E-state index is 0.0891. The number of amides is 1. The van der Waals surface area contributed by atoms with Gasteiger partial charge in [0.1, 0.15) is 11.5 Å². The third-order valence-electron chi connectivity index (χ3n) is 3.34. The van der Waals surface area contributed by atoms with Crippen LogP contribution in [0.4, 0.5) is 11.4 Å². The van der Waals surface area contributed by atoms with Crippen LogP contribution >= 0.6 is 0 Å². The van der Waals surface area contributed by atoms with E-state index < -0.39 is 15.9 Å². The molecule has 2 aromatic rings. The number of sulfonamides is 1. The van der Waals surface area contributed by atoms with E-state index in [4.69, 9.17) is 9.88 Å². The highest BCUT2D eigenvalue weighted by atomic mass is 32.2. The van der Waals surface area contributed by atoms with E-state index in [2.05, 4.69) is 15.5 Å². The zero-order valence-corrected chi connectivity index (χ0v) is 15.4. The second kappa shape index (κ2) is 8.43. The lowest BCUT2D eigenvalue weighted by Crippen LogP contribution is -2.15. The summed E-state index contributed by atoms with van der Waals surface area (Å²) in [6.45, 7) is 1.30. The average Bonchev–Trinajstić information content (AvgIpc) is 2.62. The van der Waals surface area contributed by atoms with Gasteiger partial charge in [0.25, 0.3) is 5.91 Å². The SMILES string of the molecule is COc1ccc(N=N/C(C(=O)Nc2ccc(S(N)(=O)=O)cc2)=C(\C)O)cc1. The number of carbonyl (C=O) groups excluding carboxylic acids is 1. The van der Waals surface area contributed by atoms with Crippen molar-refractivity contribution >= 4 is 27.3 Å². The number of ether oxygens (including phenoxy) is 1. The van der Waals surface area contributed by atoms with Crippen LogP contribution in [0.15, 0.2) is 75.1 Å². The van der Waals surface area contributed by atoms with Crippen molar-refractivity contribution in [2.24, 2.45) is 15.4 Å². The Hall–Kier alpha value is -3.24. The number of carbonyl (C=O) groups is 1. The molecule has 0 aliphatic carbocycles. The van der Waals surface area contributed by atoms with Gasteiger partial charge in [-0.3, -0.25) is 4.79 Å². The highest BCUT2D eigenvalue weighted by molar-refractivity contribution is 7.89. The molecule has 2 rings (SSSR count). The summed E-state index contributed by atoms with van der Waals surface area (Å²) in [5.41, 5.74) is 0.465. The fourth-order valence-corrected chi connectivity index (χ4v) is 2.47. The molecule has 0 bridgehead atoms. The summed E-state index contributed by atoms with van der Waals surface area (Å²) in [5.74, 6) is -0.398. The standard InChI is InChI=1S/C17H18N4O5S/c1-11(22)16(21-20-13-3-7-14(26-2)8-4-13)17(23)19-12-5-9-15(10-6-12)27(18,24)25/h3-10,22H,1-2H3,(H,19,23)(H2,18,24,25)/b16-11+,21-20?. The van der Waals surface area contributed by atoms with Crippen molar-refractivity contribution in [1.82, 2.24) is 0 Å². The number of azo groups is 1. The number of hydrogen-bond donors (Lipinski definition) is 3. The van der Waals surface area contributed by atoms with Gasteiger partial charge < -0.3 is 15.2 Å². The van der Waals surface area contributed by atoms with Gasteiger partial charge in [0.05, 0.1) is 17.7 Å². The highest BCUT2D eigenvalue weighted by Gasteiger charge is 2.14. The number of rotatable bonds is 6. The molecule has 0 unspecified atom stereocenters. The number of hydrogen-bond acceptors (Lipinski definition) is 7. The number of aliphatic hydroxyl groups is 1. The summed E-state index contributed by atoms with van der Waals surface area (Å²) in [7, 11) is -2.29. The van der Waals surface area contributed by atoms with Gasteiger partial charge in [-0.1, -0.05) is 0 Å². The summed E-state index contributed by atoms with van der Waals surface area (Å²) in [4.78, 5) is 12.2. The van der Waals surface area contributed by atoms with Crippen molar-refractivity contribution < 1.29 is 23.1 Å². The Bertz CT molecular complexity index is 977. The first-order chi connectivity index (χ1) is 12.7. The Kier molecular flexibility index (Phi) is 6.27. The average molecular weight is 390 g/mol. The first-order valence-corrected chi connectivity index (χ1v) is 9.15. The Labute approximate surface area is 156 Å². The summed E-state index contributed by atoms with van der Waals surface area (Å²) in [5, 5.41) is 24.9. The van der Waals surface area contributed by atoms with Crippen LogP contribution in [0.5, 0.6) is 5.75 Å². The molecule has 10 heteroatoms. The van der Waals surface area contributed by atoms with Gasteiger partial charge in [-0.15, -0.1) is 5.11 Å². The number of nitrogens with one attached hydrogen (secondary N) is 1. The van der Waals surface area contributed by atoms with Gasteiger partial charge >= 0.3 is 0 Å². The van der Waals surface area contributed by atoms with Crippen LogP contribution < -0.4 is 15.2 Å². The second-order valence-corrected chi connectivity index (χ2v) is 6.92. The number of methoxy groups -OCH3 is 1. The molecule has 9 nitrogen and oxygen atoms in total. The number of nitrogens with zero attached hydrogens (tertiary/aromatic N) is 2. The van der Waals surface area contributed by atoms with Gasteiger partial charge in [-0.05, 0) is 55.5 Å². The predicted molar refractivity (Wildman–Crippen MR) is 99.3 cm³/mol. The van der Waals surface area contributed by atoms with Crippen molar-refractivity contribution in [3.63, 3.8) is 0 Å². The topological polar surface area (TPSA) is 143 Å². The van der Waals surface area contributed by atoms with Crippen molar-refractivity contribution in [2.75, 3.05) is 12.4 Å². The normalized spacial score (nSPS) is 12.6. The van der Waals surface area contributed by atoms with Gasteiger partial charge in [0.15, 0.2) is 5.70 Å². The van der Waals surface area contributed by atoms with Crippen LogP contribution in [0, 0.1) is 0 Å². The predicted octanol–water partition coefficient (Wildman–Crippen LogP) is 2.85. The zero-order valence-electron chi connectivity index (χ0n) is 14.6. The molecular formula is C17H18N4O5S. The lowest BCUT2D eigenvalue weighted by atomic mass is 10.3. The van der Waals surface area contributed by atoms with E-state index >= 15 is 0 Å². The van der Waals surface area contributed by atoms with Crippen LogP contribution in [0.2, 0.25) is 0 Å². The van der Waals surface area contributed by atoms with E-state index in [1.807, 2.05) is 0 Å². The molecular weight excluding hydrogens is 372 g/mol. The van der Waals surface area contributed by atoms with E-state index in [9.17, 15) is 18.3 Å². The Morgan fingerprint density at radius 3 is 2.19 bits per heavy atom. The van der Waals surface area contributed by atoms with Crippen molar-refractivity contribution in [1.29, 1.82) is 0 Å². The number of benzene rings is 2. The molecule has 2 aromatic carbocycles. The maximum Gasteiger partial charge on any atom is 0.279 e. The smallest absolute Gasteiger partial charge is 0.279 e. The number of allylic oxidation sites excluding steroid dienone is 1. The molecule has 0 aliphatic rings. The lowest BCUT2D eigenvalue weighted by Gasteiger charge is -2.06. The summed E-state index contributed by atoms with van der Waals surface area (Å²) in [6, 6.07) is 11.9. The highest BCUT2D eigenvalue weighted by Crippen LogP contribution is 2.20. The van der Waals surface area contributed by atoms with E-state index in [1.54, 1.807) is 24.3 Å². The quantitative estimate of drug-likeness (QED) is 0.395. The van der Waals surface area contributed by atoms with E-state index in [0.717, 1.165) is 0 Å². The molecule has 27 heavy (non-hydrogen) atoms. The van der Waals surface area contributed by atoms with Crippen molar-refractivity contribution in [2.45, 2.75) is 11.8 Å². The minimum atomic E-state index is -3.83. The maximum atomic E-state index is 12.3. The minimum Gasteiger partial charge on any atom is -0.510 e. The number of aliphatic hydroxyl groups excluding tert-OH is 1. The first kappa shape index (κ1) is 20.1. The van der Waals surface area contributed by atoms with Gasteiger partial charge in [0, 0.05) is 5.69 Å². The lowest BCUT2D eigenvalue weighted by molar-refractivity contribution is -0.113. The van der Waals surface area contributed by atoms with Crippen LogP contribution in [0.1, 0.15) is 6.92 Å². The third kappa shape index (κ3) is 5.62. The monoisotopic (exact) mass is 390 g/mol. The largest absolute Gasteiger partial charge is 0.510 e. The molecule has 142 valence electrons. The van der Waals surface area contributed by atoms with Crippen molar-refractivity contribution in [3.05, 3.63) is 60.0 Å². The van der Waals surface area contributed by atoms with E-state index in [-0.39, 0.29) is 16.4 Å². The van der Waals surface area contributed by atoms with E-state index in [1.165, 1.54) is 38.3 Å². The van der Waals surface area contributed by atoms with Crippen LogP contribution in [-0.4, -0.2) is 26.5 Å². The second-order valence-electron chi connectivity index (χ2n) is 5.36.